The van der Waals surface area contributed by atoms with Crippen molar-refractivity contribution in [2.24, 2.45) is 0 Å². The molecule has 0 aliphatic carbocycles. The minimum atomic E-state index is -0.309. The Morgan fingerprint density at radius 2 is 1.92 bits per heavy atom. The molecule has 6 nitrogen and oxygen atoms in total. The number of aromatic amines is 1. The third-order valence-electron chi connectivity index (χ3n) is 4.09. The summed E-state index contributed by atoms with van der Waals surface area (Å²) < 4.78 is 5.22. The van der Waals surface area contributed by atoms with E-state index < -0.39 is 0 Å². The zero-order valence-electron chi connectivity index (χ0n) is 15.0. The van der Waals surface area contributed by atoms with Crippen LogP contribution in [0.2, 0.25) is 0 Å². The number of fused-ring (bicyclic) bond motifs is 1. The van der Waals surface area contributed by atoms with Crippen molar-refractivity contribution < 1.29 is 9.32 Å². The molecule has 0 fully saturated rings. The van der Waals surface area contributed by atoms with Gasteiger partial charge in [0, 0.05) is 16.7 Å². The quantitative estimate of drug-likeness (QED) is 0.745. The molecule has 0 saturated heterocycles. The number of carbonyl (C=O) groups excluding carboxylic acids is 1. The van der Waals surface area contributed by atoms with Crippen LogP contribution in [0.15, 0.2) is 33.6 Å². The lowest BCUT2D eigenvalue weighted by atomic mass is 9.88. The topological polar surface area (TPSA) is 88.0 Å². The fraction of sp³-hybridized carbons (Fsp3) is 0.316. The molecule has 0 atom stereocenters. The van der Waals surface area contributed by atoms with Crippen LogP contribution < -0.4 is 10.9 Å². The summed E-state index contributed by atoms with van der Waals surface area (Å²) in [6.45, 7) is 9.41. The predicted octanol–water partition coefficient (Wildman–Crippen LogP) is 3.68. The van der Waals surface area contributed by atoms with Crippen molar-refractivity contribution in [1.82, 2.24) is 10.1 Å². The van der Waals surface area contributed by atoms with Gasteiger partial charge in [-0.15, -0.1) is 0 Å². The molecule has 0 saturated carbocycles. The van der Waals surface area contributed by atoms with Crippen molar-refractivity contribution in [2.45, 2.75) is 40.0 Å². The molecule has 130 valence electrons. The fourth-order valence-electron chi connectivity index (χ4n) is 2.73. The normalized spacial score (nSPS) is 11.7. The number of benzene rings is 1. The summed E-state index contributed by atoms with van der Waals surface area (Å²) in [5, 5.41) is 7.81. The van der Waals surface area contributed by atoms with Gasteiger partial charge in [0.15, 0.2) is 0 Å². The average Bonchev–Trinajstić information content (AvgIpc) is 2.90. The van der Waals surface area contributed by atoms with E-state index in [1.165, 1.54) is 0 Å². The molecule has 0 aliphatic rings. The highest BCUT2D eigenvalue weighted by atomic mass is 16.5. The number of amides is 1. The molecule has 0 spiro atoms. The van der Waals surface area contributed by atoms with Crippen LogP contribution in [-0.2, 0) is 5.41 Å². The number of anilines is 1. The zero-order chi connectivity index (χ0) is 18.4. The number of hydrogen-bond donors (Lipinski definition) is 2. The first-order valence-corrected chi connectivity index (χ1v) is 8.08. The number of nitrogens with zero attached hydrogens (tertiary/aromatic N) is 1. The van der Waals surface area contributed by atoms with Crippen LogP contribution in [0.5, 0.6) is 0 Å². The first-order valence-electron chi connectivity index (χ1n) is 8.08. The molecule has 0 unspecified atom stereocenters. The van der Waals surface area contributed by atoms with Gasteiger partial charge in [-0.05, 0) is 37.4 Å². The smallest absolute Gasteiger partial charge is 0.261 e. The van der Waals surface area contributed by atoms with Crippen molar-refractivity contribution in [3.8, 4) is 0 Å². The van der Waals surface area contributed by atoms with E-state index >= 15 is 0 Å². The molecule has 25 heavy (non-hydrogen) atoms. The highest BCUT2D eigenvalue weighted by Crippen LogP contribution is 2.28. The lowest BCUT2D eigenvalue weighted by Crippen LogP contribution is -2.21. The van der Waals surface area contributed by atoms with E-state index in [2.05, 4.69) is 15.5 Å². The van der Waals surface area contributed by atoms with Gasteiger partial charge >= 0.3 is 0 Å². The minimum absolute atomic E-state index is 0.138. The second-order valence-electron chi connectivity index (χ2n) is 7.25. The van der Waals surface area contributed by atoms with E-state index in [-0.39, 0.29) is 16.9 Å². The molecule has 1 amide bonds. The van der Waals surface area contributed by atoms with Crippen molar-refractivity contribution in [2.75, 3.05) is 5.32 Å². The van der Waals surface area contributed by atoms with E-state index in [4.69, 9.17) is 4.52 Å². The molecule has 3 aromatic rings. The van der Waals surface area contributed by atoms with Crippen LogP contribution in [0.3, 0.4) is 0 Å². The number of aromatic nitrogens is 2. The van der Waals surface area contributed by atoms with Gasteiger partial charge in [0.2, 0.25) is 0 Å². The van der Waals surface area contributed by atoms with E-state index in [9.17, 15) is 9.59 Å². The molecular weight excluding hydrogens is 318 g/mol. The van der Waals surface area contributed by atoms with Crippen LogP contribution in [0.4, 0.5) is 5.69 Å². The summed E-state index contributed by atoms with van der Waals surface area (Å²) in [7, 11) is 0. The highest BCUT2D eigenvalue weighted by molar-refractivity contribution is 6.06. The van der Waals surface area contributed by atoms with Gasteiger partial charge in [-0.25, -0.2) is 0 Å². The molecule has 3 rings (SSSR count). The zero-order valence-corrected chi connectivity index (χ0v) is 15.0. The van der Waals surface area contributed by atoms with Gasteiger partial charge in [0.05, 0.1) is 5.52 Å². The second-order valence-corrected chi connectivity index (χ2v) is 7.25. The van der Waals surface area contributed by atoms with Gasteiger partial charge in [-0.2, -0.15) is 0 Å². The van der Waals surface area contributed by atoms with Gasteiger partial charge < -0.3 is 14.8 Å². The average molecular weight is 339 g/mol. The summed E-state index contributed by atoms with van der Waals surface area (Å²) in [5.41, 5.74) is 2.54. The Labute approximate surface area is 145 Å². The number of H-pyrrole nitrogens is 1. The van der Waals surface area contributed by atoms with Crippen LogP contribution in [-0.4, -0.2) is 16.0 Å². The first-order chi connectivity index (χ1) is 11.7. The molecule has 0 aliphatic heterocycles. The molecule has 0 radical (unpaired) electrons. The molecule has 0 bridgehead atoms. The Bertz CT molecular complexity index is 1020. The molecule has 2 aromatic heterocycles. The summed E-state index contributed by atoms with van der Waals surface area (Å²) in [6.07, 6.45) is 0. The minimum Gasteiger partial charge on any atom is -0.361 e. The highest BCUT2D eigenvalue weighted by Gasteiger charge is 2.28. The fourth-order valence-corrected chi connectivity index (χ4v) is 2.73. The lowest BCUT2D eigenvalue weighted by molar-refractivity contribution is 0.102. The Balaban J connectivity index is 1.97. The summed E-state index contributed by atoms with van der Waals surface area (Å²) in [4.78, 5) is 27.3. The van der Waals surface area contributed by atoms with Gasteiger partial charge in [0.25, 0.3) is 11.5 Å². The third kappa shape index (κ3) is 3.20. The van der Waals surface area contributed by atoms with E-state index in [1.54, 1.807) is 26.0 Å². The van der Waals surface area contributed by atoms with Crippen molar-refractivity contribution in [3.05, 3.63) is 57.2 Å². The summed E-state index contributed by atoms with van der Waals surface area (Å²) >= 11 is 0. The SMILES string of the molecule is Cc1onc(C(C)(C)C)c1C(=O)Nc1ccc2cc(C)c(=O)[nH]c2c1. The molecule has 2 N–H and O–H groups in total. The van der Waals surface area contributed by atoms with Crippen LogP contribution >= 0.6 is 0 Å². The largest absolute Gasteiger partial charge is 0.361 e. The molecule has 6 heteroatoms. The monoisotopic (exact) mass is 339 g/mol. The van der Waals surface area contributed by atoms with E-state index in [0.717, 1.165) is 5.39 Å². The van der Waals surface area contributed by atoms with Gasteiger partial charge in [0.1, 0.15) is 17.0 Å². The summed E-state index contributed by atoms with van der Waals surface area (Å²) in [5.74, 6) is 0.199. The first kappa shape index (κ1) is 17.0. The number of carbonyl (C=O) groups is 1. The van der Waals surface area contributed by atoms with E-state index in [1.807, 2.05) is 32.9 Å². The molecule has 1 aromatic carbocycles. The lowest BCUT2D eigenvalue weighted by Gasteiger charge is -2.16. The molecule has 2 heterocycles. The number of nitrogens with one attached hydrogen (secondary N) is 2. The maximum absolute atomic E-state index is 12.7. The van der Waals surface area contributed by atoms with Gasteiger partial charge in [-0.1, -0.05) is 32.0 Å². The van der Waals surface area contributed by atoms with E-state index in [0.29, 0.717) is 33.8 Å². The number of pyridine rings is 1. The van der Waals surface area contributed by atoms with Crippen LogP contribution in [0, 0.1) is 13.8 Å². The number of rotatable bonds is 2. The number of aryl methyl sites for hydroxylation is 2. The standard InChI is InChI=1S/C19H21N3O3/c1-10-8-12-6-7-13(9-14(12)21-17(10)23)20-18(24)15-11(2)25-22-16(15)19(3,4)5/h6-9H,1-5H3,(H,20,24)(H,21,23). The predicted molar refractivity (Wildman–Crippen MR) is 97.2 cm³/mol. The second kappa shape index (κ2) is 5.88. The Hall–Kier alpha value is -2.89. The third-order valence-corrected chi connectivity index (χ3v) is 4.09. The van der Waals surface area contributed by atoms with Crippen molar-refractivity contribution >= 4 is 22.5 Å². The van der Waals surface area contributed by atoms with Crippen LogP contribution in [0.25, 0.3) is 10.9 Å². The molecular formula is C19H21N3O3. The Morgan fingerprint density at radius 3 is 2.60 bits per heavy atom. The maximum Gasteiger partial charge on any atom is 0.261 e. The number of hydrogen-bond acceptors (Lipinski definition) is 4. The Morgan fingerprint density at radius 1 is 1.20 bits per heavy atom. The van der Waals surface area contributed by atoms with Crippen LogP contribution in [0.1, 0.15) is 48.1 Å². The van der Waals surface area contributed by atoms with Crippen molar-refractivity contribution in [3.63, 3.8) is 0 Å². The maximum atomic E-state index is 12.7. The van der Waals surface area contributed by atoms with Crippen molar-refractivity contribution in [1.29, 1.82) is 0 Å². The summed E-state index contributed by atoms with van der Waals surface area (Å²) in [6, 6.07) is 7.23. The Kier molecular flexibility index (Phi) is 3.99. The van der Waals surface area contributed by atoms with Gasteiger partial charge in [-0.3, -0.25) is 9.59 Å².